The Morgan fingerprint density at radius 1 is 1.19 bits per heavy atom. The van der Waals surface area contributed by atoms with E-state index in [-0.39, 0.29) is 5.91 Å². The zero-order valence-electron chi connectivity index (χ0n) is 15.0. The quantitative estimate of drug-likeness (QED) is 0.421. The first-order valence-corrected chi connectivity index (χ1v) is 8.70. The number of amides is 1. The second kappa shape index (κ2) is 6.53. The molecule has 1 aliphatic rings. The molecular weight excluding hydrogens is 344 g/mol. The minimum Gasteiger partial charge on any atom is -0.374 e. The van der Waals surface area contributed by atoms with Crippen molar-refractivity contribution < 1.29 is 15.0 Å². The Labute approximate surface area is 156 Å². The number of H-pyrrole nitrogens is 1. The first-order chi connectivity index (χ1) is 13.0. The second-order valence-electron chi connectivity index (χ2n) is 6.56. The Hall–Kier alpha value is -3.16. The SMILES string of the molecule is CC(O)N(c1ccc2[nH]cc(C=C3C(=O)Nc4ncccc43)c2c1)C(C)O. The summed E-state index contributed by atoms with van der Waals surface area (Å²) in [7, 11) is 0. The Bertz CT molecular complexity index is 1040. The molecule has 3 aromatic rings. The number of hydrogen-bond donors (Lipinski definition) is 4. The number of carbonyl (C=O) groups is 1. The van der Waals surface area contributed by atoms with Crippen molar-refractivity contribution in [3.05, 3.63) is 53.9 Å². The van der Waals surface area contributed by atoms with Crippen LogP contribution in [0.15, 0.2) is 42.7 Å². The van der Waals surface area contributed by atoms with Crippen LogP contribution in [-0.4, -0.2) is 38.5 Å². The molecule has 2 aromatic heterocycles. The van der Waals surface area contributed by atoms with Gasteiger partial charge in [-0.05, 0) is 50.3 Å². The first kappa shape index (κ1) is 17.3. The number of aromatic nitrogens is 2. The van der Waals surface area contributed by atoms with E-state index in [1.165, 1.54) is 4.90 Å². The summed E-state index contributed by atoms with van der Waals surface area (Å²) in [5.41, 5.74) is 3.73. The van der Waals surface area contributed by atoms with Gasteiger partial charge in [0.25, 0.3) is 5.91 Å². The molecule has 0 bridgehead atoms. The normalized spacial score (nSPS) is 17.0. The number of carbonyl (C=O) groups excluding carboxylic acids is 1. The van der Waals surface area contributed by atoms with Gasteiger partial charge in [-0.2, -0.15) is 0 Å². The molecule has 2 unspecified atom stereocenters. The van der Waals surface area contributed by atoms with Crippen molar-refractivity contribution in [3.8, 4) is 0 Å². The molecule has 0 fully saturated rings. The standard InChI is InChI=1S/C20H20N4O3/c1-11(25)24(12(2)26)14-5-6-18-16(9-14)13(10-22-18)8-17-15-4-3-7-21-19(15)23-20(17)27/h3-12,22,25-26H,1-2H3,(H,21,23,27). The lowest BCUT2D eigenvalue weighted by atomic mass is 10.0. The molecule has 1 aromatic carbocycles. The summed E-state index contributed by atoms with van der Waals surface area (Å²) in [5.74, 6) is 0.368. The third kappa shape index (κ3) is 2.97. The molecule has 7 nitrogen and oxygen atoms in total. The van der Waals surface area contributed by atoms with E-state index in [4.69, 9.17) is 0 Å². The highest BCUT2D eigenvalue weighted by Gasteiger charge is 2.25. The van der Waals surface area contributed by atoms with E-state index in [0.717, 1.165) is 22.0 Å². The Morgan fingerprint density at radius 2 is 1.96 bits per heavy atom. The maximum absolute atomic E-state index is 12.3. The molecule has 0 radical (unpaired) electrons. The lowest BCUT2D eigenvalue weighted by molar-refractivity contribution is -0.110. The van der Waals surface area contributed by atoms with Gasteiger partial charge in [0.15, 0.2) is 0 Å². The van der Waals surface area contributed by atoms with Gasteiger partial charge in [-0.3, -0.25) is 4.79 Å². The van der Waals surface area contributed by atoms with E-state index in [2.05, 4.69) is 15.3 Å². The van der Waals surface area contributed by atoms with Gasteiger partial charge in [0.05, 0.1) is 5.57 Å². The molecule has 1 aliphatic heterocycles. The van der Waals surface area contributed by atoms with Gasteiger partial charge in [0.1, 0.15) is 18.3 Å². The van der Waals surface area contributed by atoms with Crippen LogP contribution in [0.25, 0.3) is 22.6 Å². The molecule has 27 heavy (non-hydrogen) atoms. The van der Waals surface area contributed by atoms with Crippen molar-refractivity contribution in [3.63, 3.8) is 0 Å². The Morgan fingerprint density at radius 3 is 2.70 bits per heavy atom. The zero-order valence-corrected chi connectivity index (χ0v) is 15.0. The fourth-order valence-electron chi connectivity index (χ4n) is 3.47. The van der Waals surface area contributed by atoms with E-state index in [1.54, 1.807) is 26.1 Å². The van der Waals surface area contributed by atoms with Gasteiger partial charge >= 0.3 is 0 Å². The topological polar surface area (TPSA) is 101 Å². The number of aliphatic hydroxyl groups excluding tert-OH is 2. The molecule has 138 valence electrons. The van der Waals surface area contributed by atoms with Crippen molar-refractivity contribution in [2.75, 3.05) is 10.2 Å². The number of fused-ring (bicyclic) bond motifs is 2. The summed E-state index contributed by atoms with van der Waals surface area (Å²) >= 11 is 0. The number of aliphatic hydroxyl groups is 2. The van der Waals surface area contributed by atoms with Crippen LogP contribution < -0.4 is 10.2 Å². The zero-order chi connectivity index (χ0) is 19.1. The average Bonchev–Trinajstić information content (AvgIpc) is 3.16. The van der Waals surface area contributed by atoms with Crippen molar-refractivity contribution in [1.82, 2.24) is 9.97 Å². The summed E-state index contributed by atoms with van der Waals surface area (Å²) in [6.45, 7) is 3.20. The third-order valence-corrected chi connectivity index (χ3v) is 4.67. The van der Waals surface area contributed by atoms with Crippen molar-refractivity contribution >= 4 is 40.0 Å². The largest absolute Gasteiger partial charge is 0.374 e. The molecule has 3 heterocycles. The number of nitrogens with one attached hydrogen (secondary N) is 2. The molecule has 4 rings (SSSR count). The molecule has 4 N–H and O–H groups in total. The van der Waals surface area contributed by atoms with Crippen LogP contribution >= 0.6 is 0 Å². The highest BCUT2D eigenvalue weighted by molar-refractivity contribution is 6.34. The van der Waals surface area contributed by atoms with Crippen molar-refractivity contribution in [2.24, 2.45) is 0 Å². The number of anilines is 2. The maximum Gasteiger partial charge on any atom is 0.257 e. The van der Waals surface area contributed by atoms with Gasteiger partial charge in [-0.15, -0.1) is 0 Å². The molecule has 2 atom stereocenters. The van der Waals surface area contributed by atoms with Crippen molar-refractivity contribution in [2.45, 2.75) is 26.3 Å². The van der Waals surface area contributed by atoms with Crippen LogP contribution in [0.5, 0.6) is 0 Å². The van der Waals surface area contributed by atoms with E-state index in [1.807, 2.05) is 36.5 Å². The number of benzene rings is 1. The van der Waals surface area contributed by atoms with Gasteiger partial charge in [-0.1, -0.05) is 0 Å². The summed E-state index contributed by atoms with van der Waals surface area (Å²) in [5, 5.41) is 23.6. The van der Waals surface area contributed by atoms with Gasteiger partial charge < -0.3 is 25.4 Å². The van der Waals surface area contributed by atoms with Gasteiger partial charge in [0.2, 0.25) is 0 Å². The molecular formula is C20H20N4O3. The predicted octanol–water partition coefficient (Wildman–Crippen LogP) is 2.54. The summed E-state index contributed by atoms with van der Waals surface area (Å²) < 4.78 is 0. The molecule has 0 saturated carbocycles. The monoisotopic (exact) mass is 364 g/mol. The van der Waals surface area contributed by atoms with Crippen molar-refractivity contribution in [1.29, 1.82) is 0 Å². The molecule has 1 amide bonds. The number of nitrogens with zero attached hydrogens (tertiary/aromatic N) is 2. The Balaban J connectivity index is 1.82. The van der Waals surface area contributed by atoms with Crippen LogP contribution in [0.1, 0.15) is 25.0 Å². The fourth-order valence-corrected chi connectivity index (χ4v) is 3.47. The molecule has 0 spiro atoms. The van der Waals surface area contributed by atoms with E-state index in [9.17, 15) is 15.0 Å². The maximum atomic E-state index is 12.3. The molecule has 7 heteroatoms. The molecule has 0 saturated heterocycles. The number of hydrogen-bond acceptors (Lipinski definition) is 5. The van der Waals surface area contributed by atoms with E-state index >= 15 is 0 Å². The average molecular weight is 364 g/mol. The van der Waals surface area contributed by atoms with Gasteiger partial charge in [-0.25, -0.2) is 4.98 Å². The van der Waals surface area contributed by atoms with Crippen LogP contribution in [-0.2, 0) is 4.79 Å². The highest BCUT2D eigenvalue weighted by atomic mass is 16.3. The number of pyridine rings is 1. The minimum atomic E-state index is -0.846. The minimum absolute atomic E-state index is 0.191. The molecule has 0 aliphatic carbocycles. The van der Waals surface area contributed by atoms with Crippen LogP contribution in [0, 0.1) is 0 Å². The number of rotatable bonds is 4. The van der Waals surface area contributed by atoms with E-state index < -0.39 is 12.5 Å². The van der Waals surface area contributed by atoms with Crippen LogP contribution in [0.2, 0.25) is 0 Å². The van der Waals surface area contributed by atoms with E-state index in [0.29, 0.717) is 17.1 Å². The van der Waals surface area contributed by atoms with Crippen LogP contribution in [0.4, 0.5) is 11.5 Å². The predicted molar refractivity (Wildman–Crippen MR) is 105 cm³/mol. The van der Waals surface area contributed by atoms with Gasteiger partial charge in [0, 0.05) is 40.1 Å². The summed E-state index contributed by atoms with van der Waals surface area (Å²) in [6.07, 6.45) is 3.60. The lowest BCUT2D eigenvalue weighted by Gasteiger charge is -2.30. The summed E-state index contributed by atoms with van der Waals surface area (Å²) in [6, 6.07) is 9.25. The smallest absolute Gasteiger partial charge is 0.257 e. The lowest BCUT2D eigenvalue weighted by Crippen LogP contribution is -2.40. The summed E-state index contributed by atoms with van der Waals surface area (Å²) in [4.78, 5) is 21.2. The second-order valence-corrected chi connectivity index (χ2v) is 6.56. The number of aromatic amines is 1. The fraction of sp³-hybridized carbons (Fsp3) is 0.200. The highest BCUT2D eigenvalue weighted by Crippen LogP contribution is 2.33. The third-order valence-electron chi connectivity index (χ3n) is 4.67. The van der Waals surface area contributed by atoms with Crippen LogP contribution in [0.3, 0.4) is 0 Å². The Kier molecular flexibility index (Phi) is 4.18. The first-order valence-electron chi connectivity index (χ1n) is 8.70.